The van der Waals surface area contributed by atoms with Crippen LogP contribution < -0.4 is 7.16 Å². The summed E-state index contributed by atoms with van der Waals surface area (Å²) in [5.41, 5.74) is 0. The molecule has 2 aromatic rings. The van der Waals surface area contributed by atoms with Gasteiger partial charge in [0.05, 0.1) is 0 Å². The van der Waals surface area contributed by atoms with Gasteiger partial charge in [-0.1, -0.05) is 79.1 Å². The summed E-state index contributed by atoms with van der Waals surface area (Å²) in [6.07, 6.45) is 33.7. The molecule has 53 heavy (non-hydrogen) atoms. The molecule has 0 amide bonds. The molecule has 0 saturated heterocycles. The minimum absolute atomic E-state index is 0.235. The van der Waals surface area contributed by atoms with Crippen molar-refractivity contribution in [3.63, 3.8) is 0 Å². The van der Waals surface area contributed by atoms with E-state index < -0.39 is 19.2 Å². The van der Waals surface area contributed by atoms with Crippen molar-refractivity contribution in [3.8, 4) is 0 Å². The van der Waals surface area contributed by atoms with E-state index in [1.165, 1.54) is 128 Å². The van der Waals surface area contributed by atoms with Gasteiger partial charge in [-0.2, -0.15) is 0 Å². The molecule has 5 heteroatoms. The van der Waals surface area contributed by atoms with Crippen LogP contribution in [-0.4, -0.2) is 31.1 Å². The van der Waals surface area contributed by atoms with Crippen molar-refractivity contribution < 1.29 is 15.7 Å². The van der Waals surface area contributed by atoms with Crippen molar-refractivity contribution in [2.75, 3.05) is 0 Å². The predicted octanol–water partition coefficient (Wildman–Crippen LogP) is 13.6. The van der Waals surface area contributed by atoms with Crippen LogP contribution in [0.4, 0.5) is 0 Å². The van der Waals surface area contributed by atoms with Gasteiger partial charge in [0.2, 0.25) is 0 Å². The average molecular weight is 840 g/mol. The van der Waals surface area contributed by atoms with Crippen LogP contribution in [0, 0.1) is 11.8 Å². The fraction of sp³-hybridized carbons (Fsp3) is 0.708. The van der Waals surface area contributed by atoms with Gasteiger partial charge < -0.3 is 0 Å². The third-order valence-electron chi connectivity index (χ3n) is 10.6. The zero-order valence-electron chi connectivity index (χ0n) is 34.9. The van der Waals surface area contributed by atoms with Crippen LogP contribution >= 0.6 is 0 Å². The number of carbonyl (C=O) groups is 2. The van der Waals surface area contributed by atoms with Gasteiger partial charge in [-0.25, -0.2) is 0 Å². The molecule has 0 spiro atoms. The topological polar surface area (TPSA) is 52.6 Å². The third-order valence-corrected chi connectivity index (χ3v) is 19.8. The third kappa shape index (κ3) is 23.6. The van der Waals surface area contributed by atoms with Gasteiger partial charge in [0.25, 0.3) is 0 Å². The van der Waals surface area contributed by atoms with E-state index >= 15 is 0 Å². The molecule has 0 unspecified atom stereocenters. The van der Waals surface area contributed by atoms with Crippen LogP contribution in [0.2, 0.25) is 0 Å². The number of benzene rings is 2. The molecule has 0 bridgehead atoms. The van der Waals surface area contributed by atoms with Gasteiger partial charge in [-0.15, -0.1) is 0 Å². The molecule has 0 radical (unpaired) electrons. The molecule has 300 valence electrons. The van der Waals surface area contributed by atoms with Crippen molar-refractivity contribution in [2.24, 2.45) is 11.8 Å². The Morgan fingerprint density at radius 3 is 0.906 bits per heavy atom. The van der Waals surface area contributed by atoms with Crippen molar-refractivity contribution in [3.05, 3.63) is 60.7 Å². The zero-order valence-corrected chi connectivity index (χ0v) is 37.7. The van der Waals surface area contributed by atoms with Crippen LogP contribution in [0.5, 0.6) is 0 Å². The van der Waals surface area contributed by atoms with Gasteiger partial charge in [-0.05, 0) is 11.8 Å². The van der Waals surface area contributed by atoms with E-state index in [1.54, 1.807) is 0 Å². The molecule has 0 aromatic heterocycles. The molecule has 0 heterocycles. The molecule has 0 N–H and O–H groups in total. The van der Waals surface area contributed by atoms with Gasteiger partial charge in [-0.3, -0.25) is 0 Å². The van der Waals surface area contributed by atoms with Crippen LogP contribution in [0.3, 0.4) is 0 Å². The summed E-state index contributed by atoms with van der Waals surface area (Å²) in [5.74, 6) is 1.20. The van der Waals surface area contributed by atoms with Crippen LogP contribution in [0.15, 0.2) is 60.7 Å². The second kappa shape index (κ2) is 31.4. The maximum atomic E-state index is 13.5. The van der Waals surface area contributed by atoms with Gasteiger partial charge >= 0.3 is 243 Å². The van der Waals surface area contributed by atoms with E-state index in [9.17, 15) is 9.59 Å². The van der Waals surface area contributed by atoms with Gasteiger partial charge in [0.1, 0.15) is 0 Å². The van der Waals surface area contributed by atoms with E-state index in [2.05, 4.69) is 27.7 Å². The molecule has 0 saturated carbocycles. The first-order valence-corrected chi connectivity index (χ1v) is 27.6. The second-order valence-electron chi connectivity index (χ2n) is 16.6. The molecule has 0 aliphatic rings. The second-order valence-corrected chi connectivity index (χ2v) is 24.6. The first kappa shape index (κ1) is 47.3. The molecule has 0 atom stereocenters. The summed E-state index contributed by atoms with van der Waals surface area (Å²) < 4.78 is 14.6. The summed E-state index contributed by atoms with van der Waals surface area (Å²) in [6.45, 7) is 9.27. The number of hydrogen-bond donors (Lipinski definition) is 0. The standard InChI is InChI=1S/2C18H36O2.2C6H5.Sn/c2*1-17(2)15-13-11-9-7-5-3-4-6-8-10-12-14-16-18(19)20;2*1-2-4-6-5-3-1;/h2*17H,3-16H2,1-2H3,(H,19,20);2*1-5H;/q;;;;+2/p-2. The van der Waals surface area contributed by atoms with E-state index in [0.717, 1.165) is 57.5 Å². The van der Waals surface area contributed by atoms with Crippen LogP contribution in [0.1, 0.15) is 207 Å². The quantitative estimate of drug-likeness (QED) is 0.0520. The van der Waals surface area contributed by atoms with E-state index in [0.29, 0.717) is 12.8 Å². The van der Waals surface area contributed by atoms with Crippen LogP contribution in [0.25, 0.3) is 0 Å². The monoisotopic (exact) mass is 841 g/mol. The summed E-state index contributed by atoms with van der Waals surface area (Å²) >= 11 is -4.62. The Hall–Kier alpha value is -1.82. The summed E-state index contributed by atoms with van der Waals surface area (Å²) in [5, 5.41) is 0. The zero-order chi connectivity index (χ0) is 38.2. The molecule has 0 fully saturated rings. The van der Waals surface area contributed by atoms with Crippen molar-refractivity contribution in [1.82, 2.24) is 0 Å². The molecular formula is C48H80O4Sn. The molecule has 2 rings (SSSR count). The van der Waals surface area contributed by atoms with E-state index in [4.69, 9.17) is 6.15 Å². The number of carbonyl (C=O) groups excluding carboxylic acids is 2. The van der Waals surface area contributed by atoms with Gasteiger partial charge in [0.15, 0.2) is 0 Å². The molecular weight excluding hydrogens is 759 g/mol. The Morgan fingerprint density at radius 1 is 0.396 bits per heavy atom. The Labute approximate surface area is 332 Å². The Kier molecular flexibility index (Phi) is 28.0. The fourth-order valence-electron chi connectivity index (χ4n) is 7.34. The minimum atomic E-state index is -4.62. The molecule has 2 aromatic carbocycles. The van der Waals surface area contributed by atoms with Crippen LogP contribution in [-0.2, 0) is 15.7 Å². The summed E-state index contributed by atoms with van der Waals surface area (Å²) in [6, 6.07) is 19.6. The first-order valence-electron chi connectivity index (χ1n) is 22.4. The van der Waals surface area contributed by atoms with E-state index in [1.807, 2.05) is 60.7 Å². The predicted molar refractivity (Wildman–Crippen MR) is 229 cm³/mol. The van der Waals surface area contributed by atoms with Gasteiger partial charge in [0, 0.05) is 0 Å². The first-order chi connectivity index (χ1) is 25.8. The summed E-state index contributed by atoms with van der Waals surface area (Å²) in [7, 11) is 0. The van der Waals surface area contributed by atoms with Crippen molar-refractivity contribution in [2.45, 2.75) is 207 Å². The maximum absolute atomic E-state index is 13.5. The summed E-state index contributed by atoms with van der Waals surface area (Å²) in [4.78, 5) is 26.9. The Bertz CT molecular complexity index is 1060. The molecule has 0 aliphatic heterocycles. The Balaban J connectivity index is 1.73. The van der Waals surface area contributed by atoms with E-state index in [-0.39, 0.29) is 11.9 Å². The average Bonchev–Trinajstić information content (AvgIpc) is 3.15. The SMILES string of the molecule is CC(C)CCCCCCCCCCCCCCC(=O)[O][Sn]([O]C(=O)CCCCCCCCCCCCCCC(C)C)([c]1ccccc1)[c]1ccccc1. The fourth-order valence-corrected chi connectivity index (χ4v) is 15.8. The number of hydrogen-bond acceptors (Lipinski definition) is 4. The van der Waals surface area contributed by atoms with Crippen molar-refractivity contribution in [1.29, 1.82) is 0 Å². The molecule has 4 nitrogen and oxygen atoms in total. The van der Waals surface area contributed by atoms with Crippen molar-refractivity contribution >= 4 is 38.3 Å². The normalized spacial score (nSPS) is 11.7. The number of rotatable bonds is 34. The molecule has 0 aliphatic carbocycles. The number of unbranched alkanes of at least 4 members (excludes halogenated alkanes) is 22. The Morgan fingerprint density at radius 2 is 0.642 bits per heavy atom.